The van der Waals surface area contributed by atoms with Crippen LogP contribution < -0.4 is 5.32 Å². The molecule has 2 atom stereocenters. The Bertz CT molecular complexity index is 361. The van der Waals surface area contributed by atoms with Gasteiger partial charge in [0, 0.05) is 6.04 Å². The monoisotopic (exact) mass is 200 g/mol. The van der Waals surface area contributed by atoms with Gasteiger partial charge in [-0.05, 0) is 49.9 Å². The maximum absolute atomic E-state index is 8.72. The van der Waals surface area contributed by atoms with Crippen LogP contribution in [0, 0.1) is 11.3 Å². The first-order valence-corrected chi connectivity index (χ1v) is 5.53. The molecule has 0 aromatic heterocycles. The quantitative estimate of drug-likeness (QED) is 0.755. The molecule has 0 amide bonds. The number of rotatable bonds is 1. The van der Waals surface area contributed by atoms with Gasteiger partial charge in [0.25, 0.3) is 0 Å². The third-order valence-electron chi connectivity index (χ3n) is 3.13. The first kappa shape index (κ1) is 10.2. The number of nitriles is 1. The van der Waals surface area contributed by atoms with Crippen molar-refractivity contribution in [1.82, 2.24) is 5.32 Å². The molecule has 1 N–H and O–H groups in total. The Morgan fingerprint density at radius 2 is 2.07 bits per heavy atom. The van der Waals surface area contributed by atoms with Gasteiger partial charge in [-0.15, -0.1) is 0 Å². The van der Waals surface area contributed by atoms with E-state index in [1.165, 1.54) is 18.4 Å². The van der Waals surface area contributed by atoms with Crippen molar-refractivity contribution < 1.29 is 0 Å². The molecule has 1 heterocycles. The lowest BCUT2D eigenvalue weighted by atomic mass is 9.87. The molecule has 0 radical (unpaired) electrons. The molecule has 1 fully saturated rings. The molecule has 1 aromatic carbocycles. The zero-order chi connectivity index (χ0) is 10.7. The number of hydrogen-bond donors (Lipinski definition) is 1. The first-order valence-electron chi connectivity index (χ1n) is 5.53. The van der Waals surface area contributed by atoms with Crippen LogP contribution in [0.15, 0.2) is 24.3 Å². The minimum absolute atomic E-state index is 0.611. The van der Waals surface area contributed by atoms with E-state index < -0.39 is 0 Å². The third kappa shape index (κ3) is 2.37. The first-order chi connectivity index (χ1) is 7.29. The number of nitrogens with zero attached hydrogens (tertiary/aromatic N) is 1. The van der Waals surface area contributed by atoms with E-state index in [4.69, 9.17) is 5.26 Å². The van der Waals surface area contributed by atoms with Crippen molar-refractivity contribution in [2.24, 2.45) is 0 Å². The number of nitrogens with one attached hydrogen (secondary N) is 1. The highest BCUT2D eigenvalue weighted by Gasteiger charge is 2.19. The van der Waals surface area contributed by atoms with Crippen LogP contribution in [0.2, 0.25) is 0 Å². The van der Waals surface area contributed by atoms with Crippen molar-refractivity contribution in [3.05, 3.63) is 35.4 Å². The summed E-state index contributed by atoms with van der Waals surface area (Å²) in [7, 11) is 0. The molecule has 2 nitrogen and oxygen atoms in total. The fraction of sp³-hybridized carbons (Fsp3) is 0.462. The van der Waals surface area contributed by atoms with Crippen LogP contribution >= 0.6 is 0 Å². The van der Waals surface area contributed by atoms with Crippen LogP contribution in [-0.2, 0) is 0 Å². The zero-order valence-corrected chi connectivity index (χ0v) is 9.03. The molecule has 0 spiro atoms. The summed E-state index contributed by atoms with van der Waals surface area (Å²) >= 11 is 0. The normalized spacial score (nSPS) is 25.9. The molecule has 78 valence electrons. The van der Waals surface area contributed by atoms with Crippen molar-refractivity contribution in [3.63, 3.8) is 0 Å². The fourth-order valence-electron chi connectivity index (χ4n) is 2.26. The second-order valence-corrected chi connectivity index (χ2v) is 4.31. The van der Waals surface area contributed by atoms with E-state index in [1.807, 2.05) is 12.1 Å². The van der Waals surface area contributed by atoms with Gasteiger partial charge in [0.2, 0.25) is 0 Å². The van der Waals surface area contributed by atoms with E-state index in [-0.39, 0.29) is 0 Å². The Kier molecular flexibility index (Phi) is 3.03. The molecule has 1 saturated heterocycles. The van der Waals surface area contributed by atoms with Crippen LogP contribution in [0.3, 0.4) is 0 Å². The van der Waals surface area contributed by atoms with Gasteiger partial charge in [-0.2, -0.15) is 5.26 Å². The maximum Gasteiger partial charge on any atom is 0.0991 e. The molecular weight excluding hydrogens is 184 g/mol. The molecule has 1 aliphatic rings. The Morgan fingerprint density at radius 1 is 1.33 bits per heavy atom. The zero-order valence-electron chi connectivity index (χ0n) is 9.03. The maximum atomic E-state index is 8.72. The topological polar surface area (TPSA) is 35.8 Å². The van der Waals surface area contributed by atoms with E-state index in [0.29, 0.717) is 12.0 Å². The van der Waals surface area contributed by atoms with E-state index >= 15 is 0 Å². The van der Waals surface area contributed by atoms with Crippen molar-refractivity contribution in [2.45, 2.75) is 31.7 Å². The lowest BCUT2D eigenvalue weighted by Gasteiger charge is -2.28. The Balaban J connectivity index is 2.12. The van der Waals surface area contributed by atoms with Gasteiger partial charge in [0.15, 0.2) is 0 Å². The minimum Gasteiger partial charge on any atom is -0.314 e. The second-order valence-electron chi connectivity index (χ2n) is 4.31. The summed E-state index contributed by atoms with van der Waals surface area (Å²) < 4.78 is 0. The SMILES string of the molecule is CC1CC(c2ccc(C#N)cc2)CCN1. The summed E-state index contributed by atoms with van der Waals surface area (Å²) in [5, 5.41) is 12.2. The second kappa shape index (κ2) is 4.46. The van der Waals surface area contributed by atoms with Crippen molar-refractivity contribution >= 4 is 0 Å². The van der Waals surface area contributed by atoms with Crippen LogP contribution in [0.1, 0.15) is 36.8 Å². The van der Waals surface area contributed by atoms with E-state index in [9.17, 15) is 0 Å². The average molecular weight is 200 g/mol. The molecule has 0 saturated carbocycles. The van der Waals surface area contributed by atoms with Gasteiger partial charge in [-0.25, -0.2) is 0 Å². The highest BCUT2D eigenvalue weighted by molar-refractivity contribution is 5.33. The predicted octanol–water partition coefficient (Wildman–Crippen LogP) is 2.41. The molecule has 1 aromatic rings. The van der Waals surface area contributed by atoms with Gasteiger partial charge >= 0.3 is 0 Å². The van der Waals surface area contributed by atoms with Crippen LogP contribution in [0.5, 0.6) is 0 Å². The Hall–Kier alpha value is -1.33. The van der Waals surface area contributed by atoms with E-state index in [1.54, 1.807) is 0 Å². The highest BCUT2D eigenvalue weighted by Crippen LogP contribution is 2.27. The summed E-state index contributed by atoms with van der Waals surface area (Å²) in [5.74, 6) is 0.661. The summed E-state index contributed by atoms with van der Waals surface area (Å²) in [4.78, 5) is 0. The largest absolute Gasteiger partial charge is 0.314 e. The fourth-order valence-corrected chi connectivity index (χ4v) is 2.26. The van der Waals surface area contributed by atoms with Crippen LogP contribution in [-0.4, -0.2) is 12.6 Å². The lowest BCUT2D eigenvalue weighted by Crippen LogP contribution is -2.34. The summed E-state index contributed by atoms with van der Waals surface area (Å²) in [6.45, 7) is 3.33. The smallest absolute Gasteiger partial charge is 0.0991 e. The van der Waals surface area contributed by atoms with Gasteiger partial charge < -0.3 is 5.32 Å². The number of hydrogen-bond acceptors (Lipinski definition) is 2. The standard InChI is InChI=1S/C13H16N2/c1-10-8-13(6-7-15-10)12-4-2-11(9-14)3-5-12/h2-5,10,13,15H,6-8H2,1H3. The third-order valence-corrected chi connectivity index (χ3v) is 3.13. The van der Waals surface area contributed by atoms with Gasteiger partial charge in [-0.3, -0.25) is 0 Å². The lowest BCUT2D eigenvalue weighted by molar-refractivity contribution is 0.381. The van der Waals surface area contributed by atoms with Gasteiger partial charge in [-0.1, -0.05) is 12.1 Å². The molecule has 2 heteroatoms. The van der Waals surface area contributed by atoms with Crippen LogP contribution in [0.25, 0.3) is 0 Å². The average Bonchev–Trinajstić information content (AvgIpc) is 2.29. The summed E-state index contributed by atoms with van der Waals surface area (Å²) in [6, 6.07) is 10.8. The molecule has 15 heavy (non-hydrogen) atoms. The molecule has 2 rings (SSSR count). The minimum atomic E-state index is 0.611. The molecule has 0 aliphatic carbocycles. The Morgan fingerprint density at radius 3 is 2.67 bits per heavy atom. The van der Waals surface area contributed by atoms with Crippen molar-refractivity contribution in [1.29, 1.82) is 5.26 Å². The van der Waals surface area contributed by atoms with Gasteiger partial charge in [0.05, 0.1) is 11.6 Å². The van der Waals surface area contributed by atoms with E-state index in [2.05, 4.69) is 30.4 Å². The molecular formula is C13H16N2. The number of piperidine rings is 1. The summed E-state index contributed by atoms with van der Waals surface area (Å²) in [5.41, 5.74) is 2.13. The van der Waals surface area contributed by atoms with Gasteiger partial charge in [0.1, 0.15) is 0 Å². The number of benzene rings is 1. The Labute approximate surface area is 90.9 Å². The van der Waals surface area contributed by atoms with Crippen molar-refractivity contribution in [2.75, 3.05) is 6.54 Å². The highest BCUT2D eigenvalue weighted by atomic mass is 14.9. The van der Waals surface area contributed by atoms with Crippen molar-refractivity contribution in [3.8, 4) is 6.07 Å². The predicted molar refractivity (Wildman–Crippen MR) is 60.6 cm³/mol. The van der Waals surface area contributed by atoms with E-state index in [0.717, 1.165) is 12.1 Å². The summed E-state index contributed by atoms with van der Waals surface area (Å²) in [6.07, 6.45) is 2.40. The van der Waals surface area contributed by atoms with Crippen LogP contribution in [0.4, 0.5) is 0 Å². The molecule has 2 unspecified atom stereocenters. The molecule has 0 bridgehead atoms. The molecule has 1 aliphatic heterocycles.